The van der Waals surface area contributed by atoms with Gasteiger partial charge in [-0.3, -0.25) is 4.79 Å². The molecule has 88 valence electrons. The van der Waals surface area contributed by atoms with Crippen LogP contribution in [0.25, 0.3) is 0 Å². The van der Waals surface area contributed by atoms with E-state index in [1.807, 2.05) is 19.1 Å². The average molecular weight is 223 g/mol. The Labute approximate surface area is 94.9 Å². The van der Waals surface area contributed by atoms with Gasteiger partial charge in [-0.15, -0.1) is 0 Å². The number of rotatable bonds is 6. The Morgan fingerprint density at radius 2 is 2.00 bits per heavy atom. The Bertz CT molecular complexity index is 335. The van der Waals surface area contributed by atoms with Crippen LogP contribution >= 0.6 is 0 Å². The van der Waals surface area contributed by atoms with E-state index in [0.717, 1.165) is 12.0 Å². The summed E-state index contributed by atoms with van der Waals surface area (Å²) in [5.74, 6) is -0.568. The normalized spacial score (nSPS) is 12.3. The van der Waals surface area contributed by atoms with Crippen LogP contribution in [0, 0.1) is 0 Å². The largest absolute Gasteiger partial charge is 0.508 e. The fourth-order valence-corrected chi connectivity index (χ4v) is 1.46. The van der Waals surface area contributed by atoms with Crippen molar-refractivity contribution in [3.63, 3.8) is 0 Å². The van der Waals surface area contributed by atoms with Gasteiger partial charge in [-0.05, 0) is 37.1 Å². The van der Waals surface area contributed by atoms with Gasteiger partial charge in [0.1, 0.15) is 11.8 Å². The molecule has 0 aromatic heterocycles. The van der Waals surface area contributed by atoms with Crippen molar-refractivity contribution in [1.82, 2.24) is 5.32 Å². The molecule has 4 nitrogen and oxygen atoms in total. The predicted octanol–water partition coefficient (Wildman–Crippen LogP) is 1.39. The van der Waals surface area contributed by atoms with Crippen LogP contribution < -0.4 is 5.32 Å². The van der Waals surface area contributed by atoms with Gasteiger partial charge in [-0.2, -0.15) is 0 Å². The van der Waals surface area contributed by atoms with E-state index in [1.54, 1.807) is 12.1 Å². The van der Waals surface area contributed by atoms with E-state index in [4.69, 9.17) is 10.2 Å². The molecular formula is C12H17NO3. The third kappa shape index (κ3) is 3.90. The first-order valence-electron chi connectivity index (χ1n) is 5.37. The summed E-state index contributed by atoms with van der Waals surface area (Å²) in [7, 11) is 0. The first-order chi connectivity index (χ1) is 7.63. The molecule has 0 spiro atoms. The van der Waals surface area contributed by atoms with Gasteiger partial charge in [0.25, 0.3) is 0 Å². The van der Waals surface area contributed by atoms with Gasteiger partial charge in [0.15, 0.2) is 0 Å². The molecule has 0 saturated heterocycles. The van der Waals surface area contributed by atoms with Crippen LogP contribution in [0.2, 0.25) is 0 Å². The smallest absolute Gasteiger partial charge is 0.320 e. The third-order valence-electron chi connectivity index (χ3n) is 2.45. The number of benzene rings is 1. The number of hydrogen-bond donors (Lipinski definition) is 3. The van der Waals surface area contributed by atoms with E-state index < -0.39 is 12.0 Å². The van der Waals surface area contributed by atoms with Gasteiger partial charge in [0.05, 0.1) is 0 Å². The van der Waals surface area contributed by atoms with Crippen LogP contribution in [0.5, 0.6) is 5.75 Å². The molecule has 0 fully saturated rings. The monoisotopic (exact) mass is 223 g/mol. The lowest BCUT2D eigenvalue weighted by Crippen LogP contribution is -2.37. The number of carbonyl (C=O) groups is 1. The molecule has 0 aliphatic rings. The van der Waals surface area contributed by atoms with Crippen molar-refractivity contribution in [3.8, 4) is 5.75 Å². The maximum absolute atomic E-state index is 10.7. The van der Waals surface area contributed by atoms with Crippen LogP contribution in [0.15, 0.2) is 24.3 Å². The highest BCUT2D eigenvalue weighted by Gasteiger charge is 2.12. The van der Waals surface area contributed by atoms with Crippen molar-refractivity contribution < 1.29 is 15.0 Å². The number of aliphatic carboxylic acids is 1. The van der Waals surface area contributed by atoms with Crippen LogP contribution in [0.4, 0.5) is 0 Å². The van der Waals surface area contributed by atoms with Gasteiger partial charge >= 0.3 is 5.97 Å². The summed E-state index contributed by atoms with van der Waals surface area (Å²) in [5.41, 5.74) is 1.07. The Morgan fingerprint density at radius 3 is 2.50 bits per heavy atom. The summed E-state index contributed by atoms with van der Waals surface area (Å²) >= 11 is 0. The molecule has 1 unspecified atom stereocenters. The molecule has 1 aromatic carbocycles. The average Bonchev–Trinajstić information content (AvgIpc) is 2.26. The molecule has 0 heterocycles. The maximum atomic E-state index is 10.7. The summed E-state index contributed by atoms with van der Waals surface area (Å²) in [6.07, 6.45) is 1.33. The van der Waals surface area contributed by atoms with Crippen molar-refractivity contribution >= 4 is 5.97 Å². The van der Waals surface area contributed by atoms with E-state index in [0.29, 0.717) is 13.0 Å². The standard InChI is InChI=1S/C12H17NO3/c1-2-11(12(15)16)13-8-7-9-3-5-10(14)6-4-9/h3-6,11,13-14H,2,7-8H2,1H3,(H,15,16). The van der Waals surface area contributed by atoms with E-state index >= 15 is 0 Å². The zero-order chi connectivity index (χ0) is 12.0. The summed E-state index contributed by atoms with van der Waals surface area (Å²) < 4.78 is 0. The van der Waals surface area contributed by atoms with Gasteiger partial charge in [0, 0.05) is 0 Å². The van der Waals surface area contributed by atoms with Gasteiger partial charge < -0.3 is 15.5 Å². The lowest BCUT2D eigenvalue weighted by atomic mass is 10.1. The third-order valence-corrected chi connectivity index (χ3v) is 2.45. The second-order valence-electron chi connectivity index (χ2n) is 3.67. The van der Waals surface area contributed by atoms with Crippen LogP contribution in [-0.4, -0.2) is 28.8 Å². The van der Waals surface area contributed by atoms with Crippen molar-refractivity contribution in [2.45, 2.75) is 25.8 Å². The molecule has 0 radical (unpaired) electrons. The summed E-state index contributed by atoms with van der Waals surface area (Å²) in [6, 6.07) is 6.45. The van der Waals surface area contributed by atoms with Gasteiger partial charge in [-0.1, -0.05) is 19.1 Å². The van der Waals surface area contributed by atoms with Crippen LogP contribution in [0.1, 0.15) is 18.9 Å². The fourth-order valence-electron chi connectivity index (χ4n) is 1.46. The molecule has 0 saturated carbocycles. The Kier molecular flexibility index (Phi) is 4.79. The van der Waals surface area contributed by atoms with Crippen molar-refractivity contribution in [2.24, 2.45) is 0 Å². The molecule has 0 amide bonds. The Balaban J connectivity index is 2.35. The number of carboxylic acid groups (broad SMARTS) is 1. The molecular weight excluding hydrogens is 206 g/mol. The molecule has 0 aliphatic carbocycles. The van der Waals surface area contributed by atoms with Crippen molar-refractivity contribution in [3.05, 3.63) is 29.8 Å². The summed E-state index contributed by atoms with van der Waals surface area (Å²) in [4.78, 5) is 10.7. The molecule has 0 bridgehead atoms. The second kappa shape index (κ2) is 6.12. The topological polar surface area (TPSA) is 69.6 Å². The first-order valence-corrected chi connectivity index (χ1v) is 5.37. The SMILES string of the molecule is CCC(NCCc1ccc(O)cc1)C(=O)O. The van der Waals surface area contributed by atoms with E-state index in [9.17, 15) is 4.79 Å². The quantitative estimate of drug-likeness (QED) is 0.681. The number of carboxylic acids is 1. The van der Waals surface area contributed by atoms with E-state index in [1.165, 1.54) is 0 Å². The van der Waals surface area contributed by atoms with Gasteiger partial charge in [-0.25, -0.2) is 0 Å². The minimum absolute atomic E-state index is 0.244. The fraction of sp³-hybridized carbons (Fsp3) is 0.417. The lowest BCUT2D eigenvalue weighted by molar-refractivity contribution is -0.139. The molecule has 3 N–H and O–H groups in total. The number of hydrogen-bond acceptors (Lipinski definition) is 3. The molecule has 1 atom stereocenters. The Morgan fingerprint density at radius 1 is 1.38 bits per heavy atom. The lowest BCUT2D eigenvalue weighted by Gasteiger charge is -2.11. The number of nitrogens with one attached hydrogen (secondary N) is 1. The first kappa shape index (κ1) is 12.5. The number of phenolic OH excluding ortho intramolecular Hbond substituents is 1. The molecule has 16 heavy (non-hydrogen) atoms. The predicted molar refractivity (Wildman–Crippen MR) is 61.5 cm³/mol. The summed E-state index contributed by atoms with van der Waals surface area (Å²) in [5, 5.41) is 20.9. The number of phenols is 1. The van der Waals surface area contributed by atoms with Crippen molar-refractivity contribution in [1.29, 1.82) is 0 Å². The van der Waals surface area contributed by atoms with Crippen LogP contribution in [-0.2, 0) is 11.2 Å². The molecule has 1 aromatic rings. The molecule has 1 rings (SSSR count). The molecule has 4 heteroatoms. The number of aromatic hydroxyl groups is 1. The minimum atomic E-state index is -0.812. The zero-order valence-corrected chi connectivity index (χ0v) is 9.31. The van der Waals surface area contributed by atoms with E-state index in [-0.39, 0.29) is 5.75 Å². The minimum Gasteiger partial charge on any atom is -0.508 e. The Hall–Kier alpha value is -1.55. The van der Waals surface area contributed by atoms with Gasteiger partial charge in [0.2, 0.25) is 0 Å². The summed E-state index contributed by atoms with van der Waals surface area (Å²) in [6.45, 7) is 2.46. The second-order valence-corrected chi connectivity index (χ2v) is 3.67. The zero-order valence-electron chi connectivity index (χ0n) is 9.31. The van der Waals surface area contributed by atoms with Crippen LogP contribution in [0.3, 0.4) is 0 Å². The molecule has 0 aliphatic heterocycles. The highest BCUT2D eigenvalue weighted by molar-refractivity contribution is 5.73. The highest BCUT2D eigenvalue weighted by Crippen LogP contribution is 2.09. The van der Waals surface area contributed by atoms with E-state index in [2.05, 4.69) is 5.32 Å². The van der Waals surface area contributed by atoms with Crippen molar-refractivity contribution in [2.75, 3.05) is 6.54 Å². The maximum Gasteiger partial charge on any atom is 0.320 e. The highest BCUT2D eigenvalue weighted by atomic mass is 16.4.